The summed E-state index contributed by atoms with van der Waals surface area (Å²) in [5.74, 6) is -2.73. The van der Waals surface area contributed by atoms with Crippen LogP contribution in [0.2, 0.25) is 0 Å². The first-order valence-electron chi connectivity index (χ1n) is 23.1. The molecule has 2 saturated heterocycles. The molecule has 4 aromatic rings. The van der Waals surface area contributed by atoms with Crippen molar-refractivity contribution in [1.82, 2.24) is 39.4 Å². The summed E-state index contributed by atoms with van der Waals surface area (Å²) >= 11 is 0. The van der Waals surface area contributed by atoms with Gasteiger partial charge in [0.15, 0.2) is 0 Å². The number of hydrazine groups is 1. The standard InChI is InChI=1S/C49H66N8O9S/c1-11-56-40-17-16-32-24-36(40)37(45(56)35-14-12-18-50-43(35)30(4)65-10)25-49(5,6)28-66-48(62)38-15-13-19-57(52-38)47(61)39(22-31-20-33(32)23-34(58)21-31)51-46(60)44(29(2)3)55(9)41(59)26-54(8)67(63,64)42-27-53(42)7/h12,14,16-18,20-21,23-24,29-30,38-39,42,44,52,58H,11,13,15,19,22,25-28H2,1-10H3,(H,51,60)/t30-,38-,39-,42+,44?,53?/m0/s1. The number of likely N-dealkylation sites (N-methyl/N-ethyl adjacent to an activating group) is 3. The molecule has 7 rings (SSSR count). The van der Waals surface area contributed by atoms with Gasteiger partial charge in [-0.25, -0.2) is 13.8 Å². The fraction of sp³-hybridized carbons (Fsp3) is 0.531. The number of hydrogen-bond donors (Lipinski definition) is 3. The van der Waals surface area contributed by atoms with E-state index in [-0.39, 0.29) is 31.4 Å². The van der Waals surface area contributed by atoms with Gasteiger partial charge >= 0.3 is 5.97 Å². The molecule has 3 N–H and O–H groups in total. The number of cyclic esters (lactones) is 1. The van der Waals surface area contributed by atoms with Crippen molar-refractivity contribution in [3.05, 3.63) is 71.5 Å². The number of hydrogen-bond acceptors (Lipinski definition) is 12. The van der Waals surface area contributed by atoms with E-state index in [1.807, 2.05) is 25.1 Å². The Hall–Kier alpha value is -5.40. The van der Waals surface area contributed by atoms with Gasteiger partial charge in [0.1, 0.15) is 29.2 Å². The number of aromatic nitrogens is 2. The monoisotopic (exact) mass is 942 g/mol. The Morgan fingerprint density at radius 1 is 1.09 bits per heavy atom. The number of rotatable bonds is 12. The SMILES string of the molecule is CCn1c(-c2cccnc2[C@H](C)OC)c2c3cc(ccc31)-c1cc(O)cc(c1)C[C@H](NC(=O)C(C(C)C)N(C)C(=O)CN(C)S(=O)(=O)[C@@H]1CN1C)C(=O)N1CCC[C@H](N1)C(=O)OCC(C)(C)C2. The van der Waals surface area contributed by atoms with E-state index in [2.05, 4.69) is 54.3 Å². The first-order valence-corrected chi connectivity index (χ1v) is 24.6. The first-order chi connectivity index (χ1) is 31.6. The van der Waals surface area contributed by atoms with Gasteiger partial charge < -0.3 is 29.4 Å². The molecule has 6 bridgehead atoms. The molecule has 5 heterocycles. The van der Waals surface area contributed by atoms with Crippen LogP contribution in [0.15, 0.2) is 54.7 Å². The van der Waals surface area contributed by atoms with E-state index < -0.39 is 75.1 Å². The second kappa shape index (κ2) is 19.7. The van der Waals surface area contributed by atoms with Crippen molar-refractivity contribution in [2.45, 2.75) is 103 Å². The number of benzene rings is 2. The van der Waals surface area contributed by atoms with Gasteiger partial charge in [0.25, 0.3) is 5.91 Å². The van der Waals surface area contributed by atoms with Gasteiger partial charge in [0, 0.05) is 75.3 Å². The van der Waals surface area contributed by atoms with E-state index in [0.717, 1.165) is 43.3 Å². The van der Waals surface area contributed by atoms with E-state index in [1.54, 1.807) is 51.2 Å². The number of phenols is 1. The number of pyridine rings is 1. The number of carbonyl (C=O) groups is 4. The number of nitrogens with one attached hydrogen (secondary N) is 2. The van der Waals surface area contributed by atoms with Gasteiger partial charge in [-0.3, -0.25) is 34.1 Å². The lowest BCUT2D eigenvalue weighted by Crippen LogP contribution is -2.62. The summed E-state index contributed by atoms with van der Waals surface area (Å²) in [5.41, 5.74) is 9.32. The molecule has 0 spiro atoms. The average Bonchev–Trinajstić information content (AvgIpc) is 3.97. The number of aromatic hydroxyl groups is 1. The van der Waals surface area contributed by atoms with E-state index >= 15 is 0 Å². The number of carbonyl (C=O) groups excluding carboxylic acids is 4. The second-order valence-corrected chi connectivity index (χ2v) is 21.6. The third-order valence-electron chi connectivity index (χ3n) is 13.3. The zero-order valence-corrected chi connectivity index (χ0v) is 41.1. The Morgan fingerprint density at radius 2 is 1.82 bits per heavy atom. The molecular weight excluding hydrogens is 877 g/mol. The molecule has 3 amide bonds. The minimum atomic E-state index is -3.77. The zero-order chi connectivity index (χ0) is 48.7. The Labute approximate surface area is 393 Å². The van der Waals surface area contributed by atoms with Crippen LogP contribution in [0.4, 0.5) is 0 Å². The number of amides is 3. The maximum absolute atomic E-state index is 14.7. The van der Waals surface area contributed by atoms with Crippen molar-refractivity contribution < 1.29 is 42.2 Å². The highest BCUT2D eigenvalue weighted by Gasteiger charge is 2.45. The largest absolute Gasteiger partial charge is 0.508 e. The number of phenolic OH excluding ortho intramolecular Hbond substituents is 1. The van der Waals surface area contributed by atoms with Gasteiger partial charge in [-0.05, 0) is 105 Å². The first kappa shape index (κ1) is 49.5. The molecule has 6 atom stereocenters. The van der Waals surface area contributed by atoms with Crippen molar-refractivity contribution in [2.24, 2.45) is 11.3 Å². The molecule has 2 unspecified atom stereocenters. The van der Waals surface area contributed by atoms with E-state index in [4.69, 9.17) is 14.5 Å². The third-order valence-corrected chi connectivity index (χ3v) is 15.5. The lowest BCUT2D eigenvalue weighted by molar-refractivity contribution is -0.155. The van der Waals surface area contributed by atoms with Gasteiger partial charge in [0.05, 0.1) is 30.6 Å². The van der Waals surface area contributed by atoms with Gasteiger partial charge in [-0.2, -0.15) is 4.31 Å². The van der Waals surface area contributed by atoms with Crippen molar-refractivity contribution in [3.63, 3.8) is 0 Å². The Balaban J connectivity index is 1.30. The smallest absolute Gasteiger partial charge is 0.324 e. The molecule has 67 heavy (non-hydrogen) atoms. The van der Waals surface area contributed by atoms with E-state index in [1.165, 1.54) is 24.0 Å². The normalized spacial score (nSPS) is 22.0. The summed E-state index contributed by atoms with van der Waals surface area (Å²) in [7, 11) is 2.36. The Bertz CT molecular complexity index is 2650. The molecular formula is C49H66N8O9S. The number of esters is 1. The lowest BCUT2D eigenvalue weighted by Gasteiger charge is -2.37. The minimum Gasteiger partial charge on any atom is -0.508 e. The summed E-state index contributed by atoms with van der Waals surface area (Å²) in [6, 6.07) is 12.1. The van der Waals surface area contributed by atoms with Crippen molar-refractivity contribution in [2.75, 3.05) is 54.5 Å². The van der Waals surface area contributed by atoms with Crippen molar-refractivity contribution in [1.29, 1.82) is 0 Å². The number of sulfonamides is 1. The molecule has 17 nitrogen and oxygen atoms in total. The van der Waals surface area contributed by atoms with Gasteiger partial charge in [-0.15, -0.1) is 0 Å². The summed E-state index contributed by atoms with van der Waals surface area (Å²) in [6.45, 7) is 12.6. The lowest BCUT2D eigenvalue weighted by atomic mass is 9.84. The maximum atomic E-state index is 14.7. The van der Waals surface area contributed by atoms with Crippen LogP contribution in [-0.4, -0.2) is 144 Å². The highest BCUT2D eigenvalue weighted by molar-refractivity contribution is 7.90. The van der Waals surface area contributed by atoms with E-state index in [9.17, 15) is 32.7 Å². The molecule has 0 aliphatic carbocycles. The van der Waals surface area contributed by atoms with Gasteiger partial charge in [-0.1, -0.05) is 39.8 Å². The summed E-state index contributed by atoms with van der Waals surface area (Å²) in [4.78, 5) is 64.4. The van der Waals surface area contributed by atoms with Crippen molar-refractivity contribution >= 4 is 44.6 Å². The molecule has 2 aromatic carbocycles. The molecule has 0 saturated carbocycles. The molecule has 2 aromatic heterocycles. The highest BCUT2D eigenvalue weighted by atomic mass is 32.2. The second-order valence-electron chi connectivity index (χ2n) is 19.4. The Kier molecular flexibility index (Phi) is 14.5. The topological polar surface area (TPSA) is 196 Å². The van der Waals surface area contributed by atoms with Crippen LogP contribution in [-0.2, 0) is 58.1 Å². The predicted molar refractivity (Wildman–Crippen MR) is 255 cm³/mol. The molecule has 0 radical (unpaired) electrons. The summed E-state index contributed by atoms with van der Waals surface area (Å²) in [5, 5.41) is 15.9. The number of aryl methyl sites for hydroxylation is 1. The predicted octanol–water partition coefficient (Wildman–Crippen LogP) is 4.47. The van der Waals surface area contributed by atoms with Gasteiger partial charge in [0.2, 0.25) is 21.8 Å². The van der Waals surface area contributed by atoms with Crippen molar-refractivity contribution in [3.8, 4) is 28.1 Å². The van der Waals surface area contributed by atoms with E-state index in [0.29, 0.717) is 43.5 Å². The molecule has 362 valence electrons. The summed E-state index contributed by atoms with van der Waals surface area (Å²) < 4.78 is 41.3. The summed E-state index contributed by atoms with van der Waals surface area (Å²) in [6.07, 6.45) is 2.83. The zero-order valence-electron chi connectivity index (χ0n) is 40.3. The van der Waals surface area contributed by atoms with Crippen LogP contribution in [0, 0.1) is 11.3 Å². The Morgan fingerprint density at radius 3 is 2.49 bits per heavy atom. The van der Waals surface area contributed by atoms with Crippen LogP contribution in [0.3, 0.4) is 0 Å². The van der Waals surface area contributed by atoms with Crippen LogP contribution < -0.4 is 10.7 Å². The average molecular weight is 943 g/mol. The fourth-order valence-electron chi connectivity index (χ4n) is 9.53. The number of methoxy groups -OCH3 is 1. The van der Waals surface area contributed by atoms with Crippen LogP contribution in [0.1, 0.15) is 77.3 Å². The maximum Gasteiger partial charge on any atom is 0.324 e. The number of fused-ring (bicyclic) bond motifs is 6. The third kappa shape index (κ3) is 10.4. The van der Waals surface area contributed by atoms with Crippen LogP contribution in [0.25, 0.3) is 33.3 Å². The minimum absolute atomic E-state index is 0.0398. The fourth-order valence-corrected chi connectivity index (χ4v) is 11.1. The quantitative estimate of drug-likeness (QED) is 0.134. The molecule has 18 heteroatoms. The number of nitrogens with zero attached hydrogens (tertiary/aromatic N) is 6. The highest BCUT2D eigenvalue weighted by Crippen LogP contribution is 2.42. The molecule has 2 fully saturated rings. The molecule has 3 aliphatic heterocycles. The number of ether oxygens (including phenoxy) is 2. The van der Waals surface area contributed by atoms with Crippen LogP contribution >= 0.6 is 0 Å². The molecule has 3 aliphatic rings. The van der Waals surface area contributed by atoms with Crippen LogP contribution in [0.5, 0.6) is 5.75 Å².